The standard InChI is InChI=1S/C12H16ClNO2/c1-12(2,3)7-14-8-4-5-10(13)9(6-8)11(15)16/h4-6,14H,7H2,1-3H3,(H,15,16). The third kappa shape index (κ3) is 3.74. The molecule has 1 aromatic carbocycles. The van der Waals surface area contributed by atoms with Gasteiger partial charge in [0.05, 0.1) is 10.6 Å². The van der Waals surface area contributed by atoms with E-state index in [2.05, 4.69) is 26.1 Å². The first kappa shape index (κ1) is 12.8. The Hall–Kier alpha value is -1.22. The maximum Gasteiger partial charge on any atom is 0.337 e. The van der Waals surface area contributed by atoms with Crippen molar-refractivity contribution in [1.82, 2.24) is 0 Å². The zero-order valence-corrected chi connectivity index (χ0v) is 10.4. The lowest BCUT2D eigenvalue weighted by Gasteiger charge is -2.19. The van der Waals surface area contributed by atoms with Crippen molar-refractivity contribution in [2.24, 2.45) is 5.41 Å². The maximum atomic E-state index is 10.9. The van der Waals surface area contributed by atoms with Crippen molar-refractivity contribution < 1.29 is 9.90 Å². The van der Waals surface area contributed by atoms with Gasteiger partial charge in [-0.2, -0.15) is 0 Å². The van der Waals surface area contributed by atoms with Crippen molar-refractivity contribution in [3.63, 3.8) is 0 Å². The van der Waals surface area contributed by atoms with Gasteiger partial charge in [-0.05, 0) is 23.6 Å². The molecule has 0 heterocycles. The molecule has 0 unspecified atom stereocenters. The topological polar surface area (TPSA) is 49.3 Å². The Balaban J connectivity index is 2.83. The lowest BCUT2D eigenvalue weighted by Crippen LogP contribution is -2.19. The van der Waals surface area contributed by atoms with Crippen LogP contribution in [0.4, 0.5) is 5.69 Å². The lowest BCUT2D eigenvalue weighted by molar-refractivity contribution is 0.0697. The highest BCUT2D eigenvalue weighted by Gasteiger charge is 2.12. The Bertz CT molecular complexity index is 396. The van der Waals surface area contributed by atoms with Gasteiger partial charge < -0.3 is 10.4 Å². The van der Waals surface area contributed by atoms with Crippen molar-refractivity contribution in [2.45, 2.75) is 20.8 Å². The Morgan fingerprint density at radius 3 is 2.56 bits per heavy atom. The van der Waals surface area contributed by atoms with Crippen molar-refractivity contribution in [3.8, 4) is 0 Å². The Labute approximate surface area is 100 Å². The molecule has 16 heavy (non-hydrogen) atoms. The number of anilines is 1. The minimum atomic E-state index is -1.01. The van der Waals surface area contributed by atoms with Gasteiger partial charge in [-0.1, -0.05) is 32.4 Å². The molecule has 4 heteroatoms. The van der Waals surface area contributed by atoms with Crippen LogP contribution in [0.25, 0.3) is 0 Å². The summed E-state index contributed by atoms with van der Waals surface area (Å²) in [4.78, 5) is 10.9. The SMILES string of the molecule is CC(C)(C)CNc1ccc(Cl)c(C(=O)O)c1. The normalized spacial score (nSPS) is 11.2. The van der Waals surface area contributed by atoms with Gasteiger partial charge >= 0.3 is 5.97 Å². The Morgan fingerprint density at radius 1 is 1.44 bits per heavy atom. The van der Waals surface area contributed by atoms with E-state index in [1.807, 2.05) is 0 Å². The third-order valence-electron chi connectivity index (χ3n) is 2.02. The molecule has 0 aliphatic rings. The van der Waals surface area contributed by atoms with Crippen LogP contribution in [-0.2, 0) is 0 Å². The number of benzene rings is 1. The number of rotatable bonds is 3. The van der Waals surface area contributed by atoms with Crippen LogP contribution in [0.15, 0.2) is 18.2 Å². The van der Waals surface area contributed by atoms with Crippen LogP contribution in [0.5, 0.6) is 0 Å². The van der Waals surface area contributed by atoms with Crippen molar-refractivity contribution in [1.29, 1.82) is 0 Å². The molecule has 0 saturated carbocycles. The van der Waals surface area contributed by atoms with E-state index < -0.39 is 5.97 Å². The summed E-state index contributed by atoms with van der Waals surface area (Å²) >= 11 is 5.77. The van der Waals surface area contributed by atoms with Gasteiger partial charge in [0.1, 0.15) is 0 Å². The number of halogens is 1. The molecule has 0 fully saturated rings. The van der Waals surface area contributed by atoms with E-state index in [4.69, 9.17) is 16.7 Å². The number of nitrogens with one attached hydrogen (secondary N) is 1. The van der Waals surface area contributed by atoms with Crippen LogP contribution in [0, 0.1) is 5.41 Å². The minimum absolute atomic E-state index is 0.126. The summed E-state index contributed by atoms with van der Waals surface area (Å²) in [6, 6.07) is 4.92. The smallest absolute Gasteiger partial charge is 0.337 e. The molecule has 0 aromatic heterocycles. The molecule has 0 radical (unpaired) electrons. The lowest BCUT2D eigenvalue weighted by atomic mass is 9.97. The summed E-state index contributed by atoms with van der Waals surface area (Å²) in [6.07, 6.45) is 0. The Kier molecular flexibility index (Phi) is 3.81. The van der Waals surface area contributed by atoms with Crippen molar-refractivity contribution in [2.75, 3.05) is 11.9 Å². The first-order chi connectivity index (χ1) is 7.29. The van der Waals surface area contributed by atoms with Gasteiger partial charge in [0.25, 0.3) is 0 Å². The Morgan fingerprint density at radius 2 is 2.06 bits per heavy atom. The summed E-state index contributed by atoms with van der Waals surface area (Å²) in [5.74, 6) is -1.01. The second kappa shape index (κ2) is 4.74. The first-order valence-electron chi connectivity index (χ1n) is 5.06. The fraction of sp³-hybridized carbons (Fsp3) is 0.417. The van der Waals surface area contributed by atoms with Gasteiger partial charge in [0, 0.05) is 12.2 Å². The predicted octanol–water partition coefficient (Wildman–Crippen LogP) is 3.50. The molecule has 2 N–H and O–H groups in total. The van der Waals surface area contributed by atoms with E-state index in [9.17, 15) is 4.79 Å². The van der Waals surface area contributed by atoms with Gasteiger partial charge in [-0.15, -0.1) is 0 Å². The molecule has 0 aliphatic carbocycles. The highest BCUT2D eigenvalue weighted by Crippen LogP contribution is 2.22. The van der Waals surface area contributed by atoms with Crippen LogP contribution in [0.3, 0.4) is 0 Å². The molecular formula is C12H16ClNO2. The molecule has 0 amide bonds. The monoisotopic (exact) mass is 241 g/mol. The fourth-order valence-corrected chi connectivity index (χ4v) is 1.36. The first-order valence-corrected chi connectivity index (χ1v) is 5.44. The molecule has 0 saturated heterocycles. The van der Waals surface area contributed by atoms with Crippen LogP contribution in [-0.4, -0.2) is 17.6 Å². The zero-order valence-electron chi connectivity index (χ0n) is 9.67. The van der Waals surface area contributed by atoms with Gasteiger partial charge in [0.15, 0.2) is 0 Å². The number of aromatic carboxylic acids is 1. The molecule has 0 atom stereocenters. The van der Waals surface area contributed by atoms with Gasteiger partial charge in [-0.25, -0.2) is 4.79 Å². The van der Waals surface area contributed by atoms with E-state index in [-0.39, 0.29) is 16.0 Å². The largest absolute Gasteiger partial charge is 0.478 e. The van der Waals surface area contributed by atoms with E-state index >= 15 is 0 Å². The van der Waals surface area contributed by atoms with Crippen molar-refractivity contribution in [3.05, 3.63) is 28.8 Å². The van der Waals surface area contributed by atoms with Crippen LogP contribution in [0.1, 0.15) is 31.1 Å². The summed E-state index contributed by atoms with van der Waals surface area (Å²) in [5, 5.41) is 12.3. The number of carboxylic acids is 1. The number of hydrogen-bond acceptors (Lipinski definition) is 2. The van der Waals surface area contributed by atoms with Gasteiger partial charge in [-0.3, -0.25) is 0 Å². The molecular weight excluding hydrogens is 226 g/mol. The average molecular weight is 242 g/mol. The van der Waals surface area contributed by atoms with Gasteiger partial charge in [0.2, 0.25) is 0 Å². The second-order valence-corrected chi connectivity index (χ2v) is 5.32. The molecule has 0 spiro atoms. The summed E-state index contributed by atoms with van der Waals surface area (Å²) < 4.78 is 0. The molecule has 3 nitrogen and oxygen atoms in total. The van der Waals surface area contributed by atoms with E-state index in [0.29, 0.717) is 0 Å². The molecule has 0 aliphatic heterocycles. The van der Waals surface area contributed by atoms with E-state index in [1.165, 1.54) is 0 Å². The molecule has 1 aromatic rings. The maximum absolute atomic E-state index is 10.9. The molecule has 0 bridgehead atoms. The second-order valence-electron chi connectivity index (χ2n) is 4.91. The van der Waals surface area contributed by atoms with E-state index in [1.54, 1.807) is 18.2 Å². The summed E-state index contributed by atoms with van der Waals surface area (Å²) in [5.41, 5.74) is 1.04. The zero-order chi connectivity index (χ0) is 12.3. The van der Waals surface area contributed by atoms with Crippen LogP contribution >= 0.6 is 11.6 Å². The third-order valence-corrected chi connectivity index (χ3v) is 2.35. The quantitative estimate of drug-likeness (QED) is 0.852. The van der Waals surface area contributed by atoms with E-state index in [0.717, 1.165) is 12.2 Å². The highest BCUT2D eigenvalue weighted by atomic mass is 35.5. The van der Waals surface area contributed by atoms with Crippen LogP contribution in [0.2, 0.25) is 5.02 Å². The highest BCUT2D eigenvalue weighted by molar-refractivity contribution is 6.33. The number of hydrogen-bond donors (Lipinski definition) is 2. The minimum Gasteiger partial charge on any atom is -0.478 e. The number of carboxylic acid groups (broad SMARTS) is 1. The molecule has 88 valence electrons. The molecule has 1 rings (SSSR count). The average Bonchev–Trinajstić information content (AvgIpc) is 2.14. The summed E-state index contributed by atoms with van der Waals surface area (Å²) in [6.45, 7) is 7.09. The van der Waals surface area contributed by atoms with Crippen LogP contribution < -0.4 is 5.32 Å². The van der Waals surface area contributed by atoms with Crippen molar-refractivity contribution >= 4 is 23.3 Å². The number of carbonyl (C=O) groups is 1. The predicted molar refractivity (Wildman–Crippen MR) is 66.4 cm³/mol. The summed E-state index contributed by atoms with van der Waals surface area (Å²) in [7, 11) is 0. The fourth-order valence-electron chi connectivity index (χ4n) is 1.17.